The number of anilines is 1. The van der Waals surface area contributed by atoms with Gasteiger partial charge >= 0.3 is 12.0 Å². The van der Waals surface area contributed by atoms with Gasteiger partial charge in [-0.15, -0.1) is 11.3 Å². The van der Waals surface area contributed by atoms with Crippen LogP contribution < -0.4 is 10.6 Å². The number of thiophene rings is 1. The molecule has 0 aliphatic heterocycles. The first kappa shape index (κ1) is 18.0. The average Bonchev–Trinajstić information content (AvgIpc) is 2.91. The second-order valence-corrected chi connectivity index (χ2v) is 6.73. The van der Waals surface area contributed by atoms with Crippen LogP contribution in [0, 0.1) is 0 Å². The van der Waals surface area contributed by atoms with Crippen molar-refractivity contribution in [2.45, 2.75) is 33.2 Å². The number of rotatable bonds is 6. The summed E-state index contributed by atoms with van der Waals surface area (Å²) >= 11 is 1.40. The summed E-state index contributed by atoms with van der Waals surface area (Å²) in [6.45, 7) is 5.75. The number of carbonyl (C=O) groups is 2. The Kier molecular flexibility index (Phi) is 5.98. The molecule has 0 saturated carbocycles. The molecule has 0 aliphatic rings. The van der Waals surface area contributed by atoms with E-state index in [2.05, 4.69) is 0 Å². The van der Waals surface area contributed by atoms with Crippen molar-refractivity contribution in [3.05, 3.63) is 52.4 Å². The summed E-state index contributed by atoms with van der Waals surface area (Å²) < 4.78 is 5.13. The quantitative estimate of drug-likeness (QED) is 0.808. The topological polar surface area (TPSA) is 72.6 Å². The van der Waals surface area contributed by atoms with Gasteiger partial charge in [-0.25, -0.2) is 9.59 Å². The summed E-state index contributed by atoms with van der Waals surface area (Å²) in [6, 6.07) is 11.0. The Labute approximate surface area is 146 Å². The molecule has 0 atom stereocenters. The van der Waals surface area contributed by atoms with E-state index in [0.29, 0.717) is 17.0 Å². The fourth-order valence-corrected chi connectivity index (χ4v) is 3.75. The standard InChI is InChI=1S/C18H22N2O3S/c1-4-23-17(21)15-11-14(10-13-8-6-5-7-9-13)24-16(15)20(12(2)3)18(19)22/h5-9,11-12H,4,10H2,1-3H3,(H2,19,22). The van der Waals surface area contributed by atoms with Gasteiger partial charge < -0.3 is 10.5 Å². The Hall–Kier alpha value is -2.34. The molecule has 128 valence electrons. The molecular weight excluding hydrogens is 324 g/mol. The van der Waals surface area contributed by atoms with Gasteiger partial charge in [0.1, 0.15) is 5.00 Å². The Bertz CT molecular complexity index is 710. The highest BCUT2D eigenvalue weighted by Crippen LogP contribution is 2.34. The predicted molar refractivity (Wildman–Crippen MR) is 96.7 cm³/mol. The number of benzene rings is 1. The summed E-state index contributed by atoms with van der Waals surface area (Å²) in [7, 11) is 0. The van der Waals surface area contributed by atoms with Gasteiger partial charge in [0.15, 0.2) is 0 Å². The number of urea groups is 1. The Morgan fingerprint density at radius 3 is 2.46 bits per heavy atom. The van der Waals surface area contributed by atoms with Crippen LogP contribution in [-0.4, -0.2) is 24.6 Å². The molecule has 0 radical (unpaired) electrons. The molecule has 1 aromatic heterocycles. The first-order valence-electron chi connectivity index (χ1n) is 7.86. The highest BCUT2D eigenvalue weighted by molar-refractivity contribution is 7.16. The molecule has 2 amide bonds. The highest BCUT2D eigenvalue weighted by Gasteiger charge is 2.26. The maximum Gasteiger partial charge on any atom is 0.341 e. The maximum absolute atomic E-state index is 12.3. The van der Waals surface area contributed by atoms with E-state index >= 15 is 0 Å². The zero-order chi connectivity index (χ0) is 17.7. The molecule has 6 heteroatoms. The molecule has 2 aromatic rings. The van der Waals surface area contributed by atoms with Crippen molar-refractivity contribution in [1.29, 1.82) is 0 Å². The van der Waals surface area contributed by atoms with Crippen molar-refractivity contribution in [2.75, 3.05) is 11.5 Å². The summed E-state index contributed by atoms with van der Waals surface area (Å²) in [6.07, 6.45) is 0.683. The Balaban J connectivity index is 2.43. The molecule has 5 nitrogen and oxygen atoms in total. The lowest BCUT2D eigenvalue weighted by molar-refractivity contribution is 0.0527. The molecule has 2 N–H and O–H groups in total. The second-order valence-electron chi connectivity index (χ2n) is 5.62. The molecule has 1 heterocycles. The molecule has 1 aromatic carbocycles. The minimum absolute atomic E-state index is 0.154. The largest absolute Gasteiger partial charge is 0.462 e. The van der Waals surface area contributed by atoms with E-state index in [1.807, 2.05) is 44.2 Å². The van der Waals surface area contributed by atoms with Gasteiger partial charge in [0.05, 0.1) is 12.2 Å². The van der Waals surface area contributed by atoms with Crippen molar-refractivity contribution in [3.63, 3.8) is 0 Å². The van der Waals surface area contributed by atoms with E-state index in [-0.39, 0.29) is 12.6 Å². The molecule has 2 rings (SSSR count). The molecule has 0 aliphatic carbocycles. The maximum atomic E-state index is 12.3. The van der Waals surface area contributed by atoms with E-state index in [0.717, 1.165) is 10.4 Å². The van der Waals surface area contributed by atoms with E-state index in [4.69, 9.17) is 10.5 Å². The van der Waals surface area contributed by atoms with Gasteiger partial charge in [0, 0.05) is 17.3 Å². The van der Waals surface area contributed by atoms with Gasteiger partial charge in [0.2, 0.25) is 0 Å². The fraction of sp³-hybridized carbons (Fsp3) is 0.333. The predicted octanol–water partition coefficient (Wildman–Crippen LogP) is 3.81. The van der Waals surface area contributed by atoms with Crippen LogP contribution in [0.1, 0.15) is 41.6 Å². The van der Waals surface area contributed by atoms with Gasteiger partial charge in [-0.3, -0.25) is 4.90 Å². The number of primary amides is 1. The van der Waals surface area contributed by atoms with Crippen LogP contribution in [0.2, 0.25) is 0 Å². The number of ether oxygens (including phenoxy) is 1. The number of amides is 2. The highest BCUT2D eigenvalue weighted by atomic mass is 32.1. The van der Waals surface area contributed by atoms with Gasteiger partial charge in [-0.2, -0.15) is 0 Å². The lowest BCUT2D eigenvalue weighted by Gasteiger charge is -2.24. The summed E-state index contributed by atoms with van der Waals surface area (Å²) in [5.41, 5.74) is 7.04. The minimum Gasteiger partial charge on any atom is -0.462 e. The van der Waals surface area contributed by atoms with Crippen molar-refractivity contribution in [2.24, 2.45) is 5.73 Å². The van der Waals surface area contributed by atoms with Crippen LogP contribution in [0.3, 0.4) is 0 Å². The Morgan fingerprint density at radius 1 is 1.25 bits per heavy atom. The van der Waals surface area contributed by atoms with Gasteiger partial charge in [-0.1, -0.05) is 30.3 Å². The number of hydrogen-bond acceptors (Lipinski definition) is 4. The average molecular weight is 346 g/mol. The van der Waals surface area contributed by atoms with Crippen LogP contribution in [0.25, 0.3) is 0 Å². The number of nitrogens with two attached hydrogens (primary N) is 1. The number of esters is 1. The number of carbonyl (C=O) groups excluding carboxylic acids is 2. The first-order chi connectivity index (χ1) is 11.4. The number of hydrogen-bond donors (Lipinski definition) is 1. The third-order valence-corrected chi connectivity index (χ3v) is 4.59. The number of nitrogens with zero attached hydrogens (tertiary/aromatic N) is 1. The first-order valence-corrected chi connectivity index (χ1v) is 8.68. The minimum atomic E-state index is -0.580. The van der Waals surface area contributed by atoms with E-state index in [1.165, 1.54) is 16.2 Å². The summed E-state index contributed by atoms with van der Waals surface area (Å²) in [5.74, 6) is -0.435. The molecule has 0 bridgehead atoms. The summed E-state index contributed by atoms with van der Waals surface area (Å²) in [4.78, 5) is 26.5. The monoisotopic (exact) mass is 346 g/mol. The summed E-state index contributed by atoms with van der Waals surface area (Å²) in [5, 5.41) is 0.543. The third-order valence-electron chi connectivity index (χ3n) is 3.45. The zero-order valence-corrected chi connectivity index (χ0v) is 14.9. The lowest BCUT2D eigenvalue weighted by atomic mass is 10.1. The van der Waals surface area contributed by atoms with Crippen LogP contribution >= 0.6 is 11.3 Å². The zero-order valence-electron chi connectivity index (χ0n) is 14.1. The molecule has 0 unspecified atom stereocenters. The van der Waals surface area contributed by atoms with Crippen LogP contribution in [0.15, 0.2) is 36.4 Å². The molecule has 0 saturated heterocycles. The molecule has 0 spiro atoms. The van der Waals surface area contributed by atoms with E-state index in [9.17, 15) is 9.59 Å². The second kappa shape index (κ2) is 7.97. The SMILES string of the molecule is CCOC(=O)c1cc(Cc2ccccc2)sc1N(C(N)=O)C(C)C. The van der Waals surface area contributed by atoms with Crippen LogP contribution in [0.4, 0.5) is 9.80 Å². The van der Waals surface area contributed by atoms with E-state index < -0.39 is 12.0 Å². The van der Waals surface area contributed by atoms with Crippen molar-refractivity contribution in [1.82, 2.24) is 0 Å². The fourth-order valence-electron chi connectivity index (χ4n) is 2.44. The van der Waals surface area contributed by atoms with Crippen molar-refractivity contribution < 1.29 is 14.3 Å². The van der Waals surface area contributed by atoms with Crippen LogP contribution in [0.5, 0.6) is 0 Å². The Morgan fingerprint density at radius 2 is 1.92 bits per heavy atom. The molecular formula is C18H22N2O3S. The van der Waals surface area contributed by atoms with Crippen molar-refractivity contribution in [3.8, 4) is 0 Å². The lowest BCUT2D eigenvalue weighted by Crippen LogP contribution is -2.41. The third kappa shape index (κ3) is 4.14. The van der Waals surface area contributed by atoms with Gasteiger partial charge in [0.25, 0.3) is 0 Å². The van der Waals surface area contributed by atoms with Gasteiger partial charge in [-0.05, 0) is 32.4 Å². The molecule has 0 fully saturated rings. The smallest absolute Gasteiger partial charge is 0.341 e. The van der Waals surface area contributed by atoms with Crippen molar-refractivity contribution >= 4 is 28.3 Å². The normalized spacial score (nSPS) is 10.7. The van der Waals surface area contributed by atoms with Crippen LogP contribution in [-0.2, 0) is 11.2 Å². The molecule has 24 heavy (non-hydrogen) atoms. The van der Waals surface area contributed by atoms with E-state index in [1.54, 1.807) is 13.0 Å².